The van der Waals surface area contributed by atoms with Crippen LogP contribution >= 0.6 is 23.2 Å². The molecular weight excluding hydrogens is 249 g/mol. The second kappa shape index (κ2) is 5.41. The highest BCUT2D eigenvalue weighted by Gasteiger charge is 2.21. The number of nitrogens with one attached hydrogen (secondary N) is 1. The quantitative estimate of drug-likeness (QED) is 0.872. The zero-order valence-corrected chi connectivity index (χ0v) is 10.5. The molecule has 1 atom stereocenters. The molecule has 0 spiro atoms. The summed E-state index contributed by atoms with van der Waals surface area (Å²) >= 11 is 11.6. The Labute approximate surface area is 104 Å². The summed E-state index contributed by atoms with van der Waals surface area (Å²) in [5.41, 5.74) is 0.610. The van der Waals surface area contributed by atoms with Crippen LogP contribution < -0.4 is 5.32 Å². The first-order valence-corrected chi connectivity index (χ1v) is 5.61. The summed E-state index contributed by atoms with van der Waals surface area (Å²) in [6, 6.07) is 4.23. The number of hydrogen-bond acceptors (Lipinski definition) is 2. The number of benzene rings is 1. The third-order valence-electron chi connectivity index (χ3n) is 2.12. The lowest BCUT2D eigenvalue weighted by Crippen LogP contribution is -2.34. The van der Waals surface area contributed by atoms with Crippen LogP contribution in [0.1, 0.15) is 13.8 Å². The minimum atomic E-state index is -0.897. The van der Waals surface area contributed by atoms with E-state index in [2.05, 4.69) is 5.32 Å². The van der Waals surface area contributed by atoms with E-state index in [4.69, 9.17) is 28.3 Å². The standard InChI is InChI=1S/C11H13Cl2NO2/c1-6(2)10(11(15)16)14-9-4-7(12)3-8(13)5-9/h3-6,10,14H,1-2H3,(H,15,16)/t10-/m0/s1. The number of carbonyl (C=O) groups is 1. The second-order valence-corrected chi connectivity index (χ2v) is 4.74. The lowest BCUT2D eigenvalue weighted by atomic mass is 10.0. The Bertz CT molecular complexity index is 373. The molecule has 0 unspecified atom stereocenters. The zero-order valence-electron chi connectivity index (χ0n) is 9.00. The smallest absolute Gasteiger partial charge is 0.326 e. The van der Waals surface area contributed by atoms with E-state index in [1.165, 1.54) is 0 Å². The number of rotatable bonds is 4. The molecule has 3 nitrogen and oxygen atoms in total. The van der Waals surface area contributed by atoms with Crippen LogP contribution in [0.3, 0.4) is 0 Å². The van der Waals surface area contributed by atoms with Gasteiger partial charge in [-0.25, -0.2) is 4.79 Å². The Morgan fingerprint density at radius 2 is 1.75 bits per heavy atom. The molecule has 0 fully saturated rings. The third kappa shape index (κ3) is 3.58. The van der Waals surface area contributed by atoms with Gasteiger partial charge in [0, 0.05) is 15.7 Å². The molecule has 16 heavy (non-hydrogen) atoms. The predicted octanol–water partition coefficient (Wildman–Crippen LogP) is 3.51. The maximum absolute atomic E-state index is 11.0. The molecule has 0 saturated carbocycles. The van der Waals surface area contributed by atoms with Gasteiger partial charge in [0.25, 0.3) is 0 Å². The first-order chi connectivity index (χ1) is 7.40. The van der Waals surface area contributed by atoms with Crippen LogP contribution in [0.2, 0.25) is 10.0 Å². The van der Waals surface area contributed by atoms with Crippen molar-refractivity contribution in [1.29, 1.82) is 0 Å². The van der Waals surface area contributed by atoms with Gasteiger partial charge < -0.3 is 10.4 Å². The molecule has 5 heteroatoms. The topological polar surface area (TPSA) is 49.3 Å². The number of halogens is 2. The van der Waals surface area contributed by atoms with Gasteiger partial charge in [-0.2, -0.15) is 0 Å². The van der Waals surface area contributed by atoms with E-state index in [0.717, 1.165) is 0 Å². The number of anilines is 1. The van der Waals surface area contributed by atoms with Gasteiger partial charge in [-0.15, -0.1) is 0 Å². The van der Waals surface area contributed by atoms with Crippen molar-refractivity contribution in [1.82, 2.24) is 0 Å². The Kier molecular flexibility index (Phi) is 4.44. The molecule has 0 amide bonds. The Morgan fingerprint density at radius 1 is 1.25 bits per heavy atom. The van der Waals surface area contributed by atoms with Gasteiger partial charge in [0.2, 0.25) is 0 Å². The van der Waals surface area contributed by atoms with Gasteiger partial charge in [0.1, 0.15) is 6.04 Å². The van der Waals surface area contributed by atoms with Crippen molar-refractivity contribution in [3.8, 4) is 0 Å². The van der Waals surface area contributed by atoms with Crippen molar-refractivity contribution in [3.05, 3.63) is 28.2 Å². The summed E-state index contributed by atoms with van der Waals surface area (Å²) in [5.74, 6) is -0.929. The van der Waals surface area contributed by atoms with E-state index in [1.54, 1.807) is 18.2 Å². The molecule has 0 bridgehead atoms. The second-order valence-electron chi connectivity index (χ2n) is 3.86. The SMILES string of the molecule is CC(C)[C@H](Nc1cc(Cl)cc(Cl)c1)C(=O)O. The maximum atomic E-state index is 11.0. The lowest BCUT2D eigenvalue weighted by molar-refractivity contribution is -0.138. The van der Waals surface area contributed by atoms with E-state index in [0.29, 0.717) is 15.7 Å². The minimum Gasteiger partial charge on any atom is -0.480 e. The lowest BCUT2D eigenvalue weighted by Gasteiger charge is -2.19. The van der Waals surface area contributed by atoms with E-state index >= 15 is 0 Å². The highest BCUT2D eigenvalue weighted by molar-refractivity contribution is 6.35. The fourth-order valence-corrected chi connectivity index (χ4v) is 1.86. The summed E-state index contributed by atoms with van der Waals surface area (Å²) < 4.78 is 0. The van der Waals surface area contributed by atoms with Crippen LogP contribution in [0.15, 0.2) is 18.2 Å². The molecule has 0 radical (unpaired) electrons. The molecule has 88 valence electrons. The van der Waals surface area contributed by atoms with E-state index < -0.39 is 12.0 Å². The van der Waals surface area contributed by atoms with Crippen molar-refractivity contribution in [2.45, 2.75) is 19.9 Å². The number of hydrogen-bond donors (Lipinski definition) is 2. The molecule has 1 aromatic carbocycles. The van der Waals surface area contributed by atoms with E-state index in [-0.39, 0.29) is 5.92 Å². The fraction of sp³-hybridized carbons (Fsp3) is 0.364. The molecule has 0 aromatic heterocycles. The highest BCUT2D eigenvalue weighted by atomic mass is 35.5. The van der Waals surface area contributed by atoms with Crippen molar-refractivity contribution >= 4 is 34.9 Å². The molecule has 0 aliphatic heterocycles. The molecule has 0 saturated heterocycles. The summed E-state index contributed by atoms with van der Waals surface area (Å²) in [6.45, 7) is 3.66. The largest absolute Gasteiger partial charge is 0.480 e. The van der Waals surface area contributed by atoms with E-state index in [1.807, 2.05) is 13.8 Å². The predicted molar refractivity (Wildman–Crippen MR) is 66.3 cm³/mol. The first-order valence-electron chi connectivity index (χ1n) is 4.85. The van der Waals surface area contributed by atoms with Gasteiger partial charge in [-0.3, -0.25) is 0 Å². The molecule has 1 rings (SSSR count). The van der Waals surface area contributed by atoms with Gasteiger partial charge in [-0.1, -0.05) is 37.0 Å². The van der Waals surface area contributed by atoms with Crippen LogP contribution in [0.5, 0.6) is 0 Å². The molecular formula is C11H13Cl2NO2. The average Bonchev–Trinajstić information content (AvgIpc) is 2.11. The van der Waals surface area contributed by atoms with Crippen molar-refractivity contribution < 1.29 is 9.90 Å². The summed E-state index contributed by atoms with van der Waals surface area (Å²) in [5, 5.41) is 12.9. The Balaban J connectivity index is 2.89. The van der Waals surface area contributed by atoms with Crippen molar-refractivity contribution in [2.75, 3.05) is 5.32 Å². The third-order valence-corrected chi connectivity index (χ3v) is 2.55. The summed E-state index contributed by atoms with van der Waals surface area (Å²) in [4.78, 5) is 11.0. The first kappa shape index (κ1) is 13.1. The van der Waals surface area contributed by atoms with Crippen LogP contribution in [0.25, 0.3) is 0 Å². The zero-order chi connectivity index (χ0) is 12.3. The molecule has 0 heterocycles. The highest BCUT2D eigenvalue weighted by Crippen LogP contribution is 2.23. The van der Waals surface area contributed by atoms with Gasteiger partial charge in [0.15, 0.2) is 0 Å². The summed E-state index contributed by atoms with van der Waals surface area (Å²) in [7, 11) is 0. The molecule has 2 N–H and O–H groups in total. The van der Waals surface area contributed by atoms with Crippen LogP contribution in [-0.4, -0.2) is 17.1 Å². The normalized spacial score (nSPS) is 12.6. The number of aliphatic carboxylic acids is 1. The monoisotopic (exact) mass is 261 g/mol. The Hall–Kier alpha value is -0.930. The van der Waals surface area contributed by atoms with Crippen LogP contribution in [0, 0.1) is 5.92 Å². The number of carboxylic acids is 1. The minimum absolute atomic E-state index is 0.0322. The fourth-order valence-electron chi connectivity index (χ4n) is 1.33. The molecule has 1 aromatic rings. The van der Waals surface area contributed by atoms with Gasteiger partial charge in [0.05, 0.1) is 0 Å². The Morgan fingerprint density at radius 3 is 2.12 bits per heavy atom. The van der Waals surface area contributed by atoms with Gasteiger partial charge >= 0.3 is 5.97 Å². The average molecular weight is 262 g/mol. The molecule has 0 aliphatic rings. The van der Waals surface area contributed by atoms with E-state index in [9.17, 15) is 4.79 Å². The van der Waals surface area contributed by atoms with Crippen LogP contribution in [0.4, 0.5) is 5.69 Å². The van der Waals surface area contributed by atoms with Crippen molar-refractivity contribution in [3.63, 3.8) is 0 Å². The van der Waals surface area contributed by atoms with Crippen molar-refractivity contribution in [2.24, 2.45) is 5.92 Å². The van der Waals surface area contributed by atoms with Gasteiger partial charge in [-0.05, 0) is 24.1 Å². The maximum Gasteiger partial charge on any atom is 0.326 e. The molecule has 0 aliphatic carbocycles. The summed E-state index contributed by atoms with van der Waals surface area (Å²) in [6.07, 6.45) is 0. The number of carboxylic acid groups (broad SMARTS) is 1. The van der Waals surface area contributed by atoms with Crippen LogP contribution in [-0.2, 0) is 4.79 Å².